The predicted octanol–water partition coefficient (Wildman–Crippen LogP) is 2.94. The van der Waals surface area contributed by atoms with Crippen LogP contribution in [-0.2, 0) is 0 Å². The van der Waals surface area contributed by atoms with Gasteiger partial charge in [0.2, 0.25) is 0 Å². The first kappa shape index (κ1) is 12.8. The van der Waals surface area contributed by atoms with Crippen molar-refractivity contribution < 1.29 is 0 Å². The number of nitrogens with two attached hydrogens (primary N) is 1. The fraction of sp³-hybridized carbons (Fsp3) is 0.615. The molecule has 0 spiro atoms. The third kappa shape index (κ3) is 2.99. The Labute approximate surface area is 111 Å². The van der Waals surface area contributed by atoms with E-state index in [1.54, 1.807) is 0 Å². The lowest BCUT2D eigenvalue weighted by Gasteiger charge is -2.19. The second-order valence-corrected chi connectivity index (χ2v) is 5.65. The van der Waals surface area contributed by atoms with E-state index in [0.717, 1.165) is 23.4 Å². The summed E-state index contributed by atoms with van der Waals surface area (Å²) < 4.78 is 1.07. The minimum atomic E-state index is 0.686. The lowest BCUT2D eigenvalue weighted by atomic mass is 9.96. The van der Waals surface area contributed by atoms with Gasteiger partial charge in [-0.05, 0) is 65.7 Å². The average molecular weight is 298 g/mol. The second-order valence-electron chi connectivity index (χ2n) is 4.86. The highest BCUT2D eigenvalue weighted by molar-refractivity contribution is 9.10. The van der Waals surface area contributed by atoms with Crippen LogP contribution in [0.1, 0.15) is 24.8 Å². The Morgan fingerprint density at radius 2 is 2.24 bits per heavy atom. The van der Waals surface area contributed by atoms with E-state index < -0.39 is 0 Å². The van der Waals surface area contributed by atoms with Gasteiger partial charge in [0, 0.05) is 12.7 Å². The molecule has 1 aliphatic rings. The molecule has 3 nitrogen and oxygen atoms in total. The molecule has 1 heterocycles. The minimum absolute atomic E-state index is 0.686. The van der Waals surface area contributed by atoms with Crippen LogP contribution in [0.2, 0.25) is 0 Å². The molecule has 2 atom stereocenters. The van der Waals surface area contributed by atoms with Gasteiger partial charge in [-0.15, -0.1) is 0 Å². The Bertz CT molecular complexity index is 381. The van der Waals surface area contributed by atoms with Crippen molar-refractivity contribution >= 4 is 21.7 Å². The zero-order chi connectivity index (χ0) is 12.3. The number of hydrogen-bond donors (Lipinski definition) is 2. The van der Waals surface area contributed by atoms with Gasteiger partial charge in [0.1, 0.15) is 5.82 Å². The largest absolute Gasteiger partial charge is 0.369 e. The van der Waals surface area contributed by atoms with Crippen molar-refractivity contribution in [3.8, 4) is 0 Å². The van der Waals surface area contributed by atoms with Gasteiger partial charge in [-0.2, -0.15) is 0 Å². The summed E-state index contributed by atoms with van der Waals surface area (Å²) in [7, 11) is 0. The van der Waals surface area contributed by atoms with Gasteiger partial charge < -0.3 is 11.1 Å². The molecule has 0 saturated heterocycles. The van der Waals surface area contributed by atoms with E-state index in [1.807, 2.05) is 12.3 Å². The van der Waals surface area contributed by atoms with Crippen molar-refractivity contribution in [2.24, 2.45) is 17.6 Å². The van der Waals surface area contributed by atoms with E-state index in [2.05, 4.69) is 33.2 Å². The van der Waals surface area contributed by atoms with Gasteiger partial charge in [-0.1, -0.05) is 6.42 Å². The third-order valence-corrected chi connectivity index (χ3v) is 4.73. The summed E-state index contributed by atoms with van der Waals surface area (Å²) in [6.45, 7) is 3.88. The third-order valence-electron chi connectivity index (χ3n) is 3.73. The zero-order valence-corrected chi connectivity index (χ0v) is 11.8. The molecule has 2 rings (SSSR count). The number of aryl methyl sites for hydroxylation is 1. The molecule has 0 radical (unpaired) electrons. The quantitative estimate of drug-likeness (QED) is 0.898. The smallest absolute Gasteiger partial charge is 0.140 e. The normalized spacial score (nSPS) is 23.9. The number of rotatable bonds is 4. The minimum Gasteiger partial charge on any atom is -0.369 e. The van der Waals surface area contributed by atoms with E-state index in [9.17, 15) is 0 Å². The lowest BCUT2D eigenvalue weighted by Crippen LogP contribution is -2.24. The van der Waals surface area contributed by atoms with Crippen LogP contribution in [0, 0.1) is 18.8 Å². The molecule has 4 heteroatoms. The van der Waals surface area contributed by atoms with E-state index in [-0.39, 0.29) is 0 Å². The Morgan fingerprint density at radius 3 is 3.00 bits per heavy atom. The van der Waals surface area contributed by atoms with Crippen LogP contribution in [-0.4, -0.2) is 18.1 Å². The maximum atomic E-state index is 5.79. The van der Waals surface area contributed by atoms with Crippen LogP contribution in [0.3, 0.4) is 0 Å². The molecule has 1 aliphatic carbocycles. The number of hydrogen-bond acceptors (Lipinski definition) is 3. The molecule has 1 aromatic rings. The fourth-order valence-electron chi connectivity index (χ4n) is 2.58. The first-order chi connectivity index (χ1) is 8.22. The van der Waals surface area contributed by atoms with E-state index in [0.29, 0.717) is 11.8 Å². The van der Waals surface area contributed by atoms with E-state index in [4.69, 9.17) is 5.73 Å². The van der Waals surface area contributed by atoms with Crippen LogP contribution < -0.4 is 11.1 Å². The highest BCUT2D eigenvalue weighted by atomic mass is 79.9. The van der Waals surface area contributed by atoms with E-state index in [1.165, 1.54) is 24.8 Å². The molecule has 17 heavy (non-hydrogen) atoms. The Morgan fingerprint density at radius 1 is 1.47 bits per heavy atom. The van der Waals surface area contributed by atoms with Crippen molar-refractivity contribution in [1.82, 2.24) is 4.98 Å². The first-order valence-electron chi connectivity index (χ1n) is 6.27. The van der Waals surface area contributed by atoms with Crippen molar-refractivity contribution in [2.45, 2.75) is 26.2 Å². The van der Waals surface area contributed by atoms with Crippen LogP contribution in [0.4, 0.5) is 5.82 Å². The monoisotopic (exact) mass is 297 g/mol. The number of nitrogens with one attached hydrogen (secondary N) is 1. The number of aromatic nitrogens is 1. The molecule has 1 saturated carbocycles. The standard InChI is InChI=1S/C13H20BrN3/c1-9-5-6-16-13(12(9)14)17-8-11-4-2-3-10(11)7-15/h5-6,10-11H,2-4,7-8,15H2,1H3,(H,16,17). The highest BCUT2D eigenvalue weighted by Gasteiger charge is 2.25. The molecule has 3 N–H and O–H groups in total. The molecule has 0 bridgehead atoms. The van der Waals surface area contributed by atoms with Gasteiger partial charge in [0.15, 0.2) is 0 Å². The zero-order valence-electron chi connectivity index (χ0n) is 10.2. The molecule has 2 unspecified atom stereocenters. The SMILES string of the molecule is Cc1ccnc(NCC2CCCC2CN)c1Br. The Balaban J connectivity index is 1.95. The van der Waals surface area contributed by atoms with Crippen LogP contribution >= 0.6 is 15.9 Å². The summed E-state index contributed by atoms with van der Waals surface area (Å²) in [5.41, 5.74) is 7.01. The Hall–Kier alpha value is -0.610. The average Bonchev–Trinajstić information content (AvgIpc) is 2.78. The maximum absolute atomic E-state index is 5.79. The summed E-state index contributed by atoms with van der Waals surface area (Å²) in [4.78, 5) is 4.36. The summed E-state index contributed by atoms with van der Waals surface area (Å²) in [5, 5.41) is 3.45. The first-order valence-corrected chi connectivity index (χ1v) is 7.06. The van der Waals surface area contributed by atoms with Gasteiger partial charge in [0.05, 0.1) is 4.47 Å². The maximum Gasteiger partial charge on any atom is 0.140 e. The molecule has 1 fully saturated rings. The molecule has 0 amide bonds. The molecule has 94 valence electrons. The topological polar surface area (TPSA) is 50.9 Å². The molecule has 0 aromatic carbocycles. The summed E-state index contributed by atoms with van der Waals surface area (Å²) in [6, 6.07) is 2.01. The molecule has 0 aliphatic heterocycles. The Kier molecular flexibility index (Phi) is 4.40. The summed E-state index contributed by atoms with van der Waals surface area (Å²) in [5.74, 6) is 2.34. The van der Waals surface area contributed by atoms with Crippen LogP contribution in [0.5, 0.6) is 0 Å². The second kappa shape index (κ2) is 5.83. The fourth-order valence-corrected chi connectivity index (χ4v) is 2.96. The van der Waals surface area contributed by atoms with Gasteiger partial charge in [0.25, 0.3) is 0 Å². The number of halogens is 1. The van der Waals surface area contributed by atoms with Crippen molar-refractivity contribution in [3.05, 3.63) is 22.3 Å². The van der Waals surface area contributed by atoms with E-state index >= 15 is 0 Å². The predicted molar refractivity (Wildman–Crippen MR) is 75.0 cm³/mol. The molecular formula is C13H20BrN3. The van der Waals surface area contributed by atoms with Gasteiger partial charge in [-0.25, -0.2) is 4.98 Å². The van der Waals surface area contributed by atoms with Gasteiger partial charge in [-0.3, -0.25) is 0 Å². The molecular weight excluding hydrogens is 278 g/mol. The molecule has 1 aromatic heterocycles. The van der Waals surface area contributed by atoms with Crippen molar-refractivity contribution in [2.75, 3.05) is 18.4 Å². The van der Waals surface area contributed by atoms with Crippen LogP contribution in [0.25, 0.3) is 0 Å². The summed E-state index contributed by atoms with van der Waals surface area (Å²) in [6.07, 6.45) is 5.73. The highest BCUT2D eigenvalue weighted by Crippen LogP contribution is 2.31. The van der Waals surface area contributed by atoms with Gasteiger partial charge >= 0.3 is 0 Å². The number of nitrogens with zero attached hydrogens (tertiary/aromatic N) is 1. The number of pyridine rings is 1. The lowest BCUT2D eigenvalue weighted by molar-refractivity contribution is 0.414. The van der Waals surface area contributed by atoms with Crippen molar-refractivity contribution in [1.29, 1.82) is 0 Å². The van der Waals surface area contributed by atoms with Crippen LogP contribution in [0.15, 0.2) is 16.7 Å². The summed E-state index contributed by atoms with van der Waals surface area (Å²) >= 11 is 3.57. The van der Waals surface area contributed by atoms with Crippen molar-refractivity contribution in [3.63, 3.8) is 0 Å². The number of anilines is 1.